The average molecular weight is 352 g/mol. The first-order valence-electron chi connectivity index (χ1n) is 8.08. The van der Waals surface area contributed by atoms with Crippen LogP contribution in [-0.4, -0.2) is 29.7 Å². The van der Waals surface area contributed by atoms with Gasteiger partial charge in [-0.15, -0.1) is 0 Å². The van der Waals surface area contributed by atoms with Crippen LogP contribution in [0.1, 0.15) is 31.9 Å². The minimum Gasteiger partial charge on any atom is -0.490 e. The summed E-state index contributed by atoms with van der Waals surface area (Å²) in [5, 5.41) is 2.37. The molecule has 1 fully saturated rings. The van der Waals surface area contributed by atoms with Crippen molar-refractivity contribution in [3.8, 4) is 5.75 Å². The van der Waals surface area contributed by atoms with E-state index in [1.165, 1.54) is 12.1 Å². The SMILES string of the molecule is CC(C)Oc1cccc2ccc([C@H](N3CCC(=O)N3)C(F)(F)F)cc12. The fourth-order valence-electron chi connectivity index (χ4n) is 3.02. The molecule has 0 bridgehead atoms. The van der Waals surface area contributed by atoms with E-state index in [1.54, 1.807) is 12.1 Å². The van der Waals surface area contributed by atoms with Gasteiger partial charge in [0.1, 0.15) is 11.8 Å². The monoisotopic (exact) mass is 352 g/mol. The Labute approximate surface area is 143 Å². The Morgan fingerprint density at radius 3 is 2.56 bits per heavy atom. The van der Waals surface area contributed by atoms with E-state index in [1.807, 2.05) is 26.0 Å². The molecule has 25 heavy (non-hydrogen) atoms. The molecule has 134 valence electrons. The predicted molar refractivity (Wildman–Crippen MR) is 88.0 cm³/mol. The average Bonchev–Trinajstić information content (AvgIpc) is 2.92. The molecule has 2 aromatic carbocycles. The van der Waals surface area contributed by atoms with E-state index in [-0.39, 0.29) is 24.6 Å². The number of carbonyl (C=O) groups excluding carboxylic acids is 1. The molecule has 7 heteroatoms. The fraction of sp³-hybridized carbons (Fsp3) is 0.389. The number of alkyl halides is 3. The third kappa shape index (κ3) is 3.71. The topological polar surface area (TPSA) is 41.6 Å². The van der Waals surface area contributed by atoms with Crippen LogP contribution >= 0.6 is 0 Å². The van der Waals surface area contributed by atoms with Crippen LogP contribution in [0.5, 0.6) is 5.75 Å². The molecular formula is C18H19F3N2O2. The molecule has 2 aromatic rings. The molecular weight excluding hydrogens is 333 g/mol. The van der Waals surface area contributed by atoms with Crippen molar-refractivity contribution in [1.82, 2.24) is 10.4 Å². The van der Waals surface area contributed by atoms with Gasteiger partial charge in [0.25, 0.3) is 0 Å². The van der Waals surface area contributed by atoms with Crippen molar-refractivity contribution in [2.24, 2.45) is 0 Å². The Morgan fingerprint density at radius 1 is 1.20 bits per heavy atom. The van der Waals surface area contributed by atoms with E-state index < -0.39 is 18.1 Å². The van der Waals surface area contributed by atoms with Gasteiger partial charge in [-0.25, -0.2) is 5.01 Å². The zero-order valence-electron chi connectivity index (χ0n) is 13.9. The minimum atomic E-state index is -4.51. The maximum absolute atomic E-state index is 13.7. The van der Waals surface area contributed by atoms with E-state index in [0.29, 0.717) is 11.1 Å². The highest BCUT2D eigenvalue weighted by Gasteiger charge is 2.47. The molecule has 1 aliphatic heterocycles. The van der Waals surface area contributed by atoms with Gasteiger partial charge in [0.05, 0.1) is 6.10 Å². The van der Waals surface area contributed by atoms with Crippen LogP contribution in [0, 0.1) is 0 Å². The summed E-state index contributed by atoms with van der Waals surface area (Å²) in [6, 6.07) is 8.07. The van der Waals surface area contributed by atoms with Crippen molar-refractivity contribution in [3.05, 3.63) is 42.0 Å². The van der Waals surface area contributed by atoms with Crippen molar-refractivity contribution < 1.29 is 22.7 Å². The molecule has 0 radical (unpaired) electrons. The number of hydrazine groups is 1. The maximum atomic E-state index is 13.7. The molecule has 1 saturated heterocycles. The largest absolute Gasteiger partial charge is 0.490 e. The van der Waals surface area contributed by atoms with E-state index in [9.17, 15) is 18.0 Å². The standard InChI is InChI=1S/C18H19F3N2O2/c1-11(2)25-15-5-3-4-12-6-7-13(10-14(12)15)17(18(19,20)21)23-9-8-16(24)22-23/h3-7,10-11,17H,8-9H2,1-2H3,(H,22,24)/t17-/m0/s1. The Morgan fingerprint density at radius 2 is 1.96 bits per heavy atom. The highest BCUT2D eigenvalue weighted by molar-refractivity contribution is 5.89. The minimum absolute atomic E-state index is 0.0190. The lowest BCUT2D eigenvalue weighted by Gasteiger charge is -2.29. The van der Waals surface area contributed by atoms with E-state index >= 15 is 0 Å². The first kappa shape index (κ1) is 17.5. The summed E-state index contributed by atoms with van der Waals surface area (Å²) < 4.78 is 46.7. The van der Waals surface area contributed by atoms with Crippen LogP contribution in [0.4, 0.5) is 13.2 Å². The number of hydrogen-bond donors (Lipinski definition) is 1. The second kappa shape index (κ2) is 6.55. The lowest BCUT2D eigenvalue weighted by Crippen LogP contribution is -2.43. The molecule has 3 rings (SSSR count). The Balaban J connectivity index is 2.07. The van der Waals surface area contributed by atoms with Crippen LogP contribution < -0.4 is 10.2 Å². The van der Waals surface area contributed by atoms with Crippen molar-refractivity contribution >= 4 is 16.7 Å². The van der Waals surface area contributed by atoms with Gasteiger partial charge in [-0.2, -0.15) is 13.2 Å². The number of nitrogens with zero attached hydrogens (tertiary/aromatic N) is 1. The highest BCUT2D eigenvalue weighted by atomic mass is 19.4. The molecule has 1 aliphatic rings. The van der Waals surface area contributed by atoms with Crippen molar-refractivity contribution in [2.45, 2.75) is 38.6 Å². The molecule has 0 unspecified atom stereocenters. The lowest BCUT2D eigenvalue weighted by molar-refractivity contribution is -0.191. The fourth-order valence-corrected chi connectivity index (χ4v) is 3.02. The quantitative estimate of drug-likeness (QED) is 0.905. The zero-order chi connectivity index (χ0) is 18.2. The second-order valence-electron chi connectivity index (χ2n) is 6.33. The van der Waals surface area contributed by atoms with Crippen molar-refractivity contribution in [1.29, 1.82) is 0 Å². The normalized spacial score (nSPS) is 17.1. The maximum Gasteiger partial charge on any atom is 0.409 e. The number of rotatable bonds is 4. The highest BCUT2D eigenvalue weighted by Crippen LogP contribution is 2.40. The first-order chi connectivity index (χ1) is 11.8. The van der Waals surface area contributed by atoms with Crippen LogP contribution in [0.25, 0.3) is 10.8 Å². The van der Waals surface area contributed by atoms with E-state index in [0.717, 1.165) is 10.4 Å². The van der Waals surface area contributed by atoms with Crippen molar-refractivity contribution in [3.63, 3.8) is 0 Å². The number of hydrogen-bond acceptors (Lipinski definition) is 3. The van der Waals surface area contributed by atoms with Gasteiger partial charge in [-0.1, -0.05) is 24.3 Å². The van der Waals surface area contributed by atoms with Crippen LogP contribution in [0.15, 0.2) is 36.4 Å². The molecule has 1 amide bonds. The number of fused-ring (bicyclic) bond motifs is 1. The summed E-state index contributed by atoms with van der Waals surface area (Å²) in [4.78, 5) is 11.4. The number of benzene rings is 2. The van der Waals surface area contributed by atoms with Gasteiger partial charge in [-0.05, 0) is 36.9 Å². The van der Waals surface area contributed by atoms with Crippen LogP contribution in [-0.2, 0) is 4.79 Å². The number of carbonyl (C=O) groups is 1. The van der Waals surface area contributed by atoms with Gasteiger partial charge in [0, 0.05) is 18.4 Å². The molecule has 1 heterocycles. The number of nitrogens with one attached hydrogen (secondary N) is 1. The summed E-state index contributed by atoms with van der Waals surface area (Å²) in [6.07, 6.45) is -4.55. The van der Waals surface area contributed by atoms with Gasteiger partial charge in [0.15, 0.2) is 0 Å². The molecule has 1 atom stereocenters. The molecule has 0 aliphatic carbocycles. The van der Waals surface area contributed by atoms with Gasteiger partial charge in [-0.3, -0.25) is 10.2 Å². The number of ether oxygens (including phenoxy) is 1. The van der Waals surface area contributed by atoms with Crippen LogP contribution in [0.3, 0.4) is 0 Å². The third-order valence-corrected chi connectivity index (χ3v) is 4.01. The Bertz CT molecular complexity index is 789. The summed E-state index contributed by atoms with van der Waals surface area (Å²) in [5.74, 6) is 0.139. The zero-order valence-corrected chi connectivity index (χ0v) is 13.9. The lowest BCUT2D eigenvalue weighted by atomic mass is 10.0. The number of halogens is 3. The Hall–Kier alpha value is -2.28. The van der Waals surface area contributed by atoms with E-state index in [2.05, 4.69) is 5.43 Å². The van der Waals surface area contributed by atoms with E-state index in [4.69, 9.17) is 4.74 Å². The van der Waals surface area contributed by atoms with Gasteiger partial charge in [0.2, 0.25) is 5.91 Å². The van der Waals surface area contributed by atoms with Crippen molar-refractivity contribution in [2.75, 3.05) is 6.54 Å². The second-order valence-corrected chi connectivity index (χ2v) is 6.33. The summed E-state index contributed by atoms with van der Waals surface area (Å²) >= 11 is 0. The molecule has 1 N–H and O–H groups in total. The first-order valence-corrected chi connectivity index (χ1v) is 8.08. The molecule has 0 aromatic heterocycles. The Kier molecular flexibility index (Phi) is 4.60. The van der Waals surface area contributed by atoms with Crippen LogP contribution in [0.2, 0.25) is 0 Å². The third-order valence-electron chi connectivity index (χ3n) is 4.01. The summed E-state index contributed by atoms with van der Waals surface area (Å²) in [7, 11) is 0. The summed E-state index contributed by atoms with van der Waals surface area (Å²) in [6.45, 7) is 3.74. The smallest absolute Gasteiger partial charge is 0.409 e. The van der Waals surface area contributed by atoms with Gasteiger partial charge < -0.3 is 4.74 Å². The predicted octanol–water partition coefficient (Wildman–Crippen LogP) is 3.97. The molecule has 4 nitrogen and oxygen atoms in total. The number of amides is 1. The molecule has 0 saturated carbocycles. The molecule has 0 spiro atoms. The summed E-state index contributed by atoms with van der Waals surface area (Å²) in [5.41, 5.74) is 2.37. The van der Waals surface area contributed by atoms with Gasteiger partial charge >= 0.3 is 6.18 Å².